The highest BCUT2D eigenvalue weighted by atomic mass is 79.9. The molecule has 0 radical (unpaired) electrons. The molecule has 5 heteroatoms. The maximum absolute atomic E-state index is 11.7. The maximum Gasteiger partial charge on any atom is 0.154 e. The fourth-order valence-corrected chi connectivity index (χ4v) is 4.33. The summed E-state index contributed by atoms with van der Waals surface area (Å²) < 4.78 is 24.4. The van der Waals surface area contributed by atoms with Gasteiger partial charge in [-0.1, -0.05) is 28.1 Å². The number of benzene rings is 1. The van der Waals surface area contributed by atoms with Crippen molar-refractivity contribution in [1.82, 2.24) is 5.32 Å². The first kappa shape index (κ1) is 14.0. The van der Waals surface area contributed by atoms with Crippen LogP contribution < -0.4 is 5.32 Å². The first-order valence-corrected chi connectivity index (χ1v) is 8.67. The third-order valence-electron chi connectivity index (χ3n) is 3.39. The predicted octanol–water partition coefficient (Wildman–Crippen LogP) is 2.42. The number of halogens is 1. The van der Waals surface area contributed by atoms with Crippen molar-refractivity contribution >= 4 is 25.8 Å². The van der Waals surface area contributed by atoms with Crippen LogP contribution >= 0.6 is 15.9 Å². The van der Waals surface area contributed by atoms with Gasteiger partial charge in [-0.15, -0.1) is 0 Å². The van der Waals surface area contributed by atoms with E-state index in [1.54, 1.807) is 0 Å². The molecule has 1 fully saturated rings. The molecule has 1 heterocycles. The Balaban J connectivity index is 1.87. The van der Waals surface area contributed by atoms with Crippen LogP contribution in [-0.4, -0.2) is 26.0 Å². The number of hydrogen-bond acceptors (Lipinski definition) is 3. The second-order valence-electron chi connectivity index (χ2n) is 4.85. The van der Waals surface area contributed by atoms with Crippen molar-refractivity contribution < 1.29 is 8.42 Å². The number of rotatable bonds is 4. The van der Waals surface area contributed by atoms with Crippen molar-refractivity contribution in [2.45, 2.75) is 31.6 Å². The Labute approximate surface area is 117 Å². The van der Waals surface area contributed by atoms with Crippen molar-refractivity contribution in [3.8, 4) is 0 Å². The Morgan fingerprint density at radius 3 is 2.83 bits per heavy atom. The fraction of sp³-hybridized carbons (Fsp3) is 0.538. The molecule has 0 spiro atoms. The molecule has 0 saturated carbocycles. The first-order chi connectivity index (χ1) is 8.49. The van der Waals surface area contributed by atoms with Crippen molar-refractivity contribution in [3.63, 3.8) is 0 Å². The van der Waals surface area contributed by atoms with Gasteiger partial charge >= 0.3 is 0 Å². The first-order valence-electron chi connectivity index (χ1n) is 6.16. The van der Waals surface area contributed by atoms with E-state index >= 15 is 0 Å². The molecule has 0 amide bonds. The highest BCUT2D eigenvalue weighted by Crippen LogP contribution is 2.20. The molecule has 0 aliphatic carbocycles. The summed E-state index contributed by atoms with van der Waals surface area (Å²) in [6.45, 7) is 3.34. The van der Waals surface area contributed by atoms with Gasteiger partial charge in [0, 0.05) is 17.6 Å². The summed E-state index contributed by atoms with van der Waals surface area (Å²) in [6, 6.07) is 6.19. The summed E-state index contributed by atoms with van der Waals surface area (Å²) in [5, 5.41) is 3.07. The smallest absolute Gasteiger partial charge is 0.154 e. The molecule has 100 valence electrons. The Morgan fingerprint density at radius 2 is 2.22 bits per heavy atom. The number of hydrogen-bond donors (Lipinski definition) is 1. The summed E-state index contributed by atoms with van der Waals surface area (Å²) in [4.78, 5) is 0. The predicted molar refractivity (Wildman–Crippen MR) is 77.4 cm³/mol. The van der Waals surface area contributed by atoms with Crippen LogP contribution in [0.25, 0.3) is 0 Å². The molecule has 1 aliphatic rings. The molecule has 1 saturated heterocycles. The van der Waals surface area contributed by atoms with Crippen LogP contribution in [0.3, 0.4) is 0 Å². The quantitative estimate of drug-likeness (QED) is 0.921. The van der Waals surface area contributed by atoms with Crippen LogP contribution in [0.4, 0.5) is 0 Å². The van der Waals surface area contributed by atoms with Gasteiger partial charge in [-0.25, -0.2) is 8.42 Å². The lowest BCUT2D eigenvalue weighted by Gasteiger charge is -2.11. The van der Waals surface area contributed by atoms with Gasteiger partial charge in [-0.3, -0.25) is 0 Å². The van der Waals surface area contributed by atoms with E-state index in [0.717, 1.165) is 23.9 Å². The zero-order valence-electron chi connectivity index (χ0n) is 10.4. The summed E-state index contributed by atoms with van der Waals surface area (Å²) in [6.07, 6.45) is 1.61. The monoisotopic (exact) mass is 331 g/mol. The van der Waals surface area contributed by atoms with Gasteiger partial charge < -0.3 is 5.32 Å². The van der Waals surface area contributed by atoms with Gasteiger partial charge in [0.2, 0.25) is 0 Å². The Morgan fingerprint density at radius 1 is 1.44 bits per heavy atom. The summed E-state index contributed by atoms with van der Waals surface area (Å²) in [5.41, 5.74) is 2.38. The summed E-state index contributed by atoms with van der Waals surface area (Å²) in [5.74, 6) is 0.358. The maximum atomic E-state index is 11.7. The van der Waals surface area contributed by atoms with Crippen LogP contribution in [-0.2, 0) is 16.4 Å². The zero-order valence-corrected chi connectivity index (χ0v) is 12.9. The molecule has 1 atom stereocenters. The van der Waals surface area contributed by atoms with E-state index < -0.39 is 9.84 Å². The van der Waals surface area contributed by atoms with Gasteiger partial charge in [-0.2, -0.15) is 0 Å². The number of aryl methyl sites for hydroxylation is 1. The van der Waals surface area contributed by atoms with E-state index in [4.69, 9.17) is 0 Å². The molecule has 1 aromatic rings. The lowest BCUT2D eigenvalue weighted by atomic mass is 10.1. The Hall–Kier alpha value is -0.390. The number of sulfone groups is 1. The van der Waals surface area contributed by atoms with E-state index in [1.807, 2.05) is 12.1 Å². The molecule has 0 bridgehead atoms. The van der Waals surface area contributed by atoms with Crippen molar-refractivity contribution in [1.29, 1.82) is 0 Å². The van der Waals surface area contributed by atoms with Crippen LogP contribution in [0.5, 0.6) is 0 Å². The van der Waals surface area contributed by atoms with Crippen LogP contribution in [0, 0.1) is 6.92 Å². The van der Waals surface area contributed by atoms with Gasteiger partial charge in [-0.05, 0) is 37.0 Å². The third kappa shape index (κ3) is 3.33. The minimum Gasteiger partial charge on any atom is -0.311 e. The Bertz CT molecular complexity index is 528. The van der Waals surface area contributed by atoms with E-state index in [0.29, 0.717) is 12.3 Å². The molecule has 1 unspecified atom stereocenters. The average molecular weight is 332 g/mol. The van der Waals surface area contributed by atoms with Crippen molar-refractivity contribution in [2.75, 3.05) is 12.3 Å². The van der Waals surface area contributed by atoms with Gasteiger partial charge in [0.1, 0.15) is 0 Å². The standard InChI is InChI=1S/C13H18BrNO2S/c1-10-7-11(4-5-13(10)14)8-15-9-12-3-2-6-18(12,16)17/h4-5,7,12,15H,2-3,6,8-9H2,1H3. The molecule has 0 aromatic heterocycles. The third-order valence-corrected chi connectivity index (χ3v) is 6.55. The lowest BCUT2D eigenvalue weighted by Crippen LogP contribution is -2.30. The molecule has 1 N–H and O–H groups in total. The van der Waals surface area contributed by atoms with Crippen LogP contribution in [0.15, 0.2) is 22.7 Å². The van der Waals surface area contributed by atoms with Crippen LogP contribution in [0.2, 0.25) is 0 Å². The minimum absolute atomic E-state index is 0.186. The second-order valence-corrected chi connectivity index (χ2v) is 8.10. The second kappa shape index (κ2) is 5.72. The van der Waals surface area contributed by atoms with Crippen LogP contribution in [0.1, 0.15) is 24.0 Å². The topological polar surface area (TPSA) is 46.2 Å². The molecular formula is C13H18BrNO2S. The van der Waals surface area contributed by atoms with Gasteiger partial charge in [0.15, 0.2) is 9.84 Å². The van der Waals surface area contributed by atoms with Gasteiger partial charge in [0.05, 0.1) is 11.0 Å². The highest BCUT2D eigenvalue weighted by molar-refractivity contribution is 9.10. The zero-order chi connectivity index (χ0) is 13.2. The minimum atomic E-state index is -2.83. The largest absolute Gasteiger partial charge is 0.311 e. The van der Waals surface area contributed by atoms with Crippen molar-refractivity contribution in [2.24, 2.45) is 0 Å². The molecule has 1 aromatic carbocycles. The average Bonchev–Trinajstić information content (AvgIpc) is 2.63. The lowest BCUT2D eigenvalue weighted by molar-refractivity contribution is 0.574. The summed E-state index contributed by atoms with van der Waals surface area (Å²) >= 11 is 3.47. The van der Waals surface area contributed by atoms with E-state index in [2.05, 4.69) is 34.2 Å². The molecule has 1 aliphatic heterocycles. The van der Waals surface area contributed by atoms with E-state index in [-0.39, 0.29) is 5.25 Å². The fourth-order valence-electron chi connectivity index (χ4n) is 2.28. The van der Waals surface area contributed by atoms with E-state index in [9.17, 15) is 8.42 Å². The number of nitrogens with one attached hydrogen (secondary N) is 1. The molecular weight excluding hydrogens is 314 g/mol. The van der Waals surface area contributed by atoms with Gasteiger partial charge in [0.25, 0.3) is 0 Å². The molecule has 2 rings (SSSR count). The molecule has 18 heavy (non-hydrogen) atoms. The normalized spacial score (nSPS) is 22.2. The van der Waals surface area contributed by atoms with E-state index in [1.165, 1.54) is 11.1 Å². The SMILES string of the molecule is Cc1cc(CNCC2CCCS2(=O)=O)ccc1Br. The summed E-state index contributed by atoms with van der Waals surface area (Å²) in [7, 11) is -2.83. The van der Waals surface area contributed by atoms with Crippen molar-refractivity contribution in [3.05, 3.63) is 33.8 Å². The Kier molecular flexibility index (Phi) is 4.45. The molecule has 3 nitrogen and oxygen atoms in total. The highest BCUT2D eigenvalue weighted by Gasteiger charge is 2.30.